The molecule has 11 heteroatoms. The number of nitrogens with one attached hydrogen (secondary N) is 1. The monoisotopic (exact) mass is 504 g/mol. The van der Waals surface area contributed by atoms with E-state index in [0.717, 1.165) is 24.6 Å². The lowest BCUT2D eigenvalue weighted by atomic mass is 9.88. The normalized spacial score (nSPS) is 21.7. The molecule has 1 saturated heterocycles. The Balaban J connectivity index is 1.67. The SMILES string of the molecule is C[C@@H]1C[C@H](N)CN(c2ccncc2NC(=O)c2cccc(C3=C(F)C=C(C(=O)O)CC3(F)F)c2F)C1. The van der Waals surface area contributed by atoms with Crippen LogP contribution in [-0.2, 0) is 4.79 Å². The third-order valence-electron chi connectivity index (χ3n) is 6.18. The molecule has 36 heavy (non-hydrogen) atoms. The van der Waals surface area contributed by atoms with Crippen molar-refractivity contribution >= 4 is 28.8 Å². The van der Waals surface area contributed by atoms with Crippen LogP contribution in [0, 0.1) is 11.7 Å². The van der Waals surface area contributed by atoms with Crippen molar-refractivity contribution in [2.75, 3.05) is 23.3 Å². The van der Waals surface area contributed by atoms with Crippen molar-refractivity contribution in [1.29, 1.82) is 0 Å². The lowest BCUT2D eigenvalue weighted by Crippen LogP contribution is -2.46. The Hall–Kier alpha value is -3.73. The summed E-state index contributed by atoms with van der Waals surface area (Å²) in [6.45, 7) is 3.27. The van der Waals surface area contributed by atoms with E-state index in [1.807, 2.05) is 4.90 Å². The molecule has 0 spiro atoms. The van der Waals surface area contributed by atoms with Gasteiger partial charge >= 0.3 is 5.97 Å². The number of piperidine rings is 1. The number of rotatable bonds is 5. The molecule has 1 aromatic heterocycles. The van der Waals surface area contributed by atoms with Crippen molar-refractivity contribution in [3.8, 4) is 0 Å². The predicted octanol–water partition coefficient (Wildman–Crippen LogP) is 4.38. The number of carbonyl (C=O) groups excluding carboxylic acids is 1. The van der Waals surface area contributed by atoms with E-state index in [1.54, 1.807) is 6.07 Å². The zero-order valence-electron chi connectivity index (χ0n) is 19.3. The number of amides is 1. The van der Waals surface area contributed by atoms with Crippen LogP contribution in [0.3, 0.4) is 0 Å². The summed E-state index contributed by atoms with van der Waals surface area (Å²) in [6, 6.07) is 4.76. The molecule has 1 aliphatic heterocycles. The lowest BCUT2D eigenvalue weighted by Gasteiger charge is -2.37. The minimum Gasteiger partial charge on any atom is -0.478 e. The van der Waals surface area contributed by atoms with Crippen molar-refractivity contribution in [2.45, 2.75) is 31.7 Å². The number of benzene rings is 1. The van der Waals surface area contributed by atoms with Crippen LogP contribution in [-0.4, -0.2) is 47.0 Å². The third kappa shape index (κ3) is 4.97. The molecule has 2 heterocycles. The van der Waals surface area contributed by atoms with Crippen molar-refractivity contribution in [3.05, 3.63) is 71.1 Å². The highest BCUT2D eigenvalue weighted by atomic mass is 19.3. The van der Waals surface area contributed by atoms with Gasteiger partial charge in [0.25, 0.3) is 11.8 Å². The molecule has 1 aromatic carbocycles. The van der Waals surface area contributed by atoms with Crippen molar-refractivity contribution in [1.82, 2.24) is 4.98 Å². The summed E-state index contributed by atoms with van der Waals surface area (Å²) in [6.07, 6.45) is 2.90. The first-order valence-electron chi connectivity index (χ1n) is 11.2. The van der Waals surface area contributed by atoms with Crippen molar-refractivity contribution in [3.63, 3.8) is 0 Å². The highest BCUT2D eigenvalue weighted by Crippen LogP contribution is 2.45. The Morgan fingerprint density at radius 1 is 1.22 bits per heavy atom. The van der Waals surface area contributed by atoms with Gasteiger partial charge in [0, 0.05) is 42.9 Å². The van der Waals surface area contributed by atoms with Gasteiger partial charge in [0.1, 0.15) is 11.6 Å². The maximum Gasteiger partial charge on any atom is 0.331 e. The van der Waals surface area contributed by atoms with Crippen molar-refractivity contribution < 1.29 is 32.3 Å². The molecule has 0 saturated carbocycles. The first kappa shape index (κ1) is 25.4. The second-order valence-corrected chi connectivity index (χ2v) is 9.10. The quantitative estimate of drug-likeness (QED) is 0.522. The smallest absolute Gasteiger partial charge is 0.331 e. The Morgan fingerprint density at radius 3 is 2.64 bits per heavy atom. The number of nitrogens with zero attached hydrogens (tertiary/aromatic N) is 2. The van der Waals surface area contributed by atoms with E-state index in [1.165, 1.54) is 12.4 Å². The van der Waals surface area contributed by atoms with Gasteiger partial charge in [0.2, 0.25) is 0 Å². The summed E-state index contributed by atoms with van der Waals surface area (Å²) in [5.41, 5.74) is 3.47. The molecule has 1 aliphatic carbocycles. The summed E-state index contributed by atoms with van der Waals surface area (Å²) in [7, 11) is 0. The number of hydrogen-bond donors (Lipinski definition) is 3. The number of anilines is 2. The summed E-state index contributed by atoms with van der Waals surface area (Å²) >= 11 is 0. The fraction of sp³-hybridized carbons (Fsp3) is 0.320. The standard InChI is InChI=1S/C25H24F4N4O3/c1-13-7-15(30)12-33(11-13)20-5-6-31-10-19(20)32-23(34)17-4-2-3-16(22(17)27)21-18(26)8-14(24(35)36)9-25(21,28)29/h2-6,8,10,13,15H,7,9,11-12,30H2,1H3,(H,32,34)(H,35,36)/t13-,15+/m1/s1. The van der Waals surface area contributed by atoms with Crippen LogP contribution in [0.15, 0.2) is 54.1 Å². The largest absolute Gasteiger partial charge is 0.478 e. The molecule has 190 valence electrons. The lowest BCUT2D eigenvalue weighted by molar-refractivity contribution is -0.133. The predicted molar refractivity (Wildman–Crippen MR) is 126 cm³/mol. The van der Waals surface area contributed by atoms with E-state index < -0.39 is 58.1 Å². The van der Waals surface area contributed by atoms with E-state index in [9.17, 15) is 22.8 Å². The van der Waals surface area contributed by atoms with E-state index in [2.05, 4.69) is 17.2 Å². The fourth-order valence-corrected chi connectivity index (χ4v) is 4.69. The van der Waals surface area contributed by atoms with E-state index in [0.29, 0.717) is 30.8 Å². The van der Waals surface area contributed by atoms with Gasteiger partial charge in [0.05, 0.1) is 28.7 Å². The highest BCUT2D eigenvalue weighted by molar-refractivity contribution is 6.06. The highest BCUT2D eigenvalue weighted by Gasteiger charge is 2.44. The molecule has 2 aliphatic rings. The number of hydrogen-bond acceptors (Lipinski definition) is 5. The first-order valence-corrected chi connectivity index (χ1v) is 11.2. The maximum absolute atomic E-state index is 15.4. The number of allylic oxidation sites excluding steroid dienone is 3. The van der Waals surface area contributed by atoms with Crippen LogP contribution in [0.4, 0.5) is 28.9 Å². The molecule has 4 rings (SSSR count). The number of nitrogens with two attached hydrogens (primary N) is 1. The zero-order valence-corrected chi connectivity index (χ0v) is 19.3. The van der Waals surface area contributed by atoms with E-state index in [-0.39, 0.29) is 11.7 Å². The van der Waals surface area contributed by atoms with Crippen LogP contribution < -0.4 is 16.0 Å². The topological polar surface area (TPSA) is 109 Å². The molecule has 2 aromatic rings. The average Bonchev–Trinajstić information content (AvgIpc) is 2.78. The Bertz CT molecular complexity index is 1270. The summed E-state index contributed by atoms with van der Waals surface area (Å²) < 4.78 is 59.4. The molecule has 0 unspecified atom stereocenters. The van der Waals surface area contributed by atoms with Crippen LogP contribution in [0.1, 0.15) is 35.7 Å². The number of carboxylic acids is 1. The molecular weight excluding hydrogens is 480 g/mol. The molecular formula is C25H24F4N4O3. The number of aliphatic carboxylic acids is 1. The Kier molecular flexibility index (Phi) is 6.85. The molecule has 1 amide bonds. The fourth-order valence-electron chi connectivity index (χ4n) is 4.69. The van der Waals surface area contributed by atoms with E-state index >= 15 is 4.39 Å². The summed E-state index contributed by atoms with van der Waals surface area (Å²) in [5.74, 6) is -9.27. The molecule has 7 nitrogen and oxygen atoms in total. The van der Waals surface area contributed by atoms with Gasteiger partial charge in [-0.15, -0.1) is 0 Å². The molecule has 0 radical (unpaired) electrons. The van der Waals surface area contributed by atoms with Gasteiger partial charge in [-0.25, -0.2) is 22.4 Å². The first-order chi connectivity index (χ1) is 17.0. The van der Waals surface area contributed by atoms with Crippen LogP contribution in [0.5, 0.6) is 0 Å². The summed E-state index contributed by atoms with van der Waals surface area (Å²) in [4.78, 5) is 30.1. The van der Waals surface area contributed by atoms with Gasteiger partial charge in [0.15, 0.2) is 0 Å². The molecule has 0 bridgehead atoms. The Labute approximate surface area is 204 Å². The van der Waals surface area contributed by atoms with Gasteiger partial charge in [-0.3, -0.25) is 9.78 Å². The minimum atomic E-state index is -4.00. The van der Waals surface area contributed by atoms with Gasteiger partial charge in [-0.2, -0.15) is 0 Å². The number of halogens is 4. The van der Waals surface area contributed by atoms with Gasteiger partial charge in [-0.05, 0) is 30.5 Å². The van der Waals surface area contributed by atoms with Gasteiger partial charge in [-0.1, -0.05) is 19.1 Å². The minimum absolute atomic E-state index is 0.0735. The second-order valence-electron chi connectivity index (χ2n) is 9.10. The number of alkyl halides is 2. The maximum atomic E-state index is 15.4. The van der Waals surface area contributed by atoms with E-state index in [4.69, 9.17) is 10.8 Å². The van der Waals surface area contributed by atoms with Crippen molar-refractivity contribution in [2.24, 2.45) is 11.7 Å². The second kappa shape index (κ2) is 9.73. The number of carboxylic acid groups (broad SMARTS) is 1. The van der Waals surface area contributed by atoms with Crippen LogP contribution >= 0.6 is 0 Å². The number of pyridine rings is 1. The summed E-state index contributed by atoms with van der Waals surface area (Å²) in [5, 5.41) is 11.5. The molecule has 1 fully saturated rings. The molecule has 2 atom stereocenters. The third-order valence-corrected chi connectivity index (χ3v) is 6.18. The number of aromatic nitrogens is 1. The zero-order chi connectivity index (χ0) is 26.2. The Morgan fingerprint density at radius 2 is 1.97 bits per heavy atom. The van der Waals surface area contributed by atoms with Crippen LogP contribution in [0.25, 0.3) is 5.57 Å². The van der Waals surface area contributed by atoms with Gasteiger partial charge < -0.3 is 21.1 Å². The average molecular weight is 504 g/mol. The van der Waals surface area contributed by atoms with Crippen LogP contribution in [0.2, 0.25) is 0 Å². The molecule has 4 N–H and O–H groups in total. The number of carbonyl (C=O) groups is 2.